The molecular weight excluding hydrogens is 294 g/mol. The monoisotopic (exact) mass is 313 g/mol. The first-order chi connectivity index (χ1) is 8.43. The first kappa shape index (κ1) is 15.0. The van der Waals surface area contributed by atoms with Crippen LogP contribution in [0, 0.1) is 5.92 Å². The lowest BCUT2D eigenvalue weighted by molar-refractivity contribution is 0.100. The van der Waals surface area contributed by atoms with Crippen molar-refractivity contribution in [2.75, 3.05) is 11.9 Å². The zero-order valence-corrected chi connectivity index (χ0v) is 12.3. The van der Waals surface area contributed by atoms with Gasteiger partial charge in [-0.2, -0.15) is 0 Å². The van der Waals surface area contributed by atoms with Crippen molar-refractivity contribution in [2.24, 2.45) is 17.4 Å². The molecule has 18 heavy (non-hydrogen) atoms. The second-order valence-corrected chi connectivity index (χ2v) is 5.68. The Balaban J connectivity index is 2.91. The van der Waals surface area contributed by atoms with Crippen molar-refractivity contribution in [1.29, 1.82) is 0 Å². The molecule has 0 spiro atoms. The number of hydrogen-bond donors (Lipinski definition) is 3. The molecule has 4 nitrogen and oxygen atoms in total. The fraction of sp³-hybridized carbons (Fsp3) is 0.462. The number of amides is 1. The van der Waals surface area contributed by atoms with Gasteiger partial charge < -0.3 is 16.8 Å². The lowest BCUT2D eigenvalue weighted by Gasteiger charge is -2.21. The number of rotatable bonds is 6. The standard InChI is InChI=1S/C13H20BrN3O/c1-8(2)5-10(7-15)17-12-4-3-9(14)6-11(12)13(16)18/h3-4,6,8,10,17H,5,7,15H2,1-2H3,(H2,16,18). The Bertz CT molecular complexity index is 421. The number of nitrogens with two attached hydrogens (primary N) is 2. The van der Waals surface area contributed by atoms with E-state index in [1.165, 1.54) is 0 Å². The normalized spacial score (nSPS) is 12.5. The summed E-state index contributed by atoms with van der Waals surface area (Å²) >= 11 is 3.33. The van der Waals surface area contributed by atoms with Gasteiger partial charge in [-0.25, -0.2) is 0 Å². The number of carbonyl (C=O) groups excluding carboxylic acids is 1. The molecule has 1 aromatic carbocycles. The zero-order valence-electron chi connectivity index (χ0n) is 10.7. The predicted molar refractivity (Wildman–Crippen MR) is 78.6 cm³/mol. The Labute approximate surface area is 116 Å². The van der Waals surface area contributed by atoms with Crippen molar-refractivity contribution in [1.82, 2.24) is 0 Å². The molecular formula is C13H20BrN3O. The van der Waals surface area contributed by atoms with Crippen molar-refractivity contribution in [3.8, 4) is 0 Å². The van der Waals surface area contributed by atoms with Gasteiger partial charge in [-0.3, -0.25) is 4.79 Å². The van der Waals surface area contributed by atoms with E-state index in [1.807, 2.05) is 12.1 Å². The second kappa shape index (κ2) is 6.75. The Morgan fingerprint density at radius 3 is 2.61 bits per heavy atom. The third-order valence-corrected chi connectivity index (χ3v) is 3.14. The second-order valence-electron chi connectivity index (χ2n) is 4.76. The number of nitrogens with one attached hydrogen (secondary N) is 1. The van der Waals surface area contributed by atoms with Gasteiger partial charge in [0.25, 0.3) is 5.91 Å². The highest BCUT2D eigenvalue weighted by Crippen LogP contribution is 2.22. The van der Waals surface area contributed by atoms with E-state index in [0.29, 0.717) is 18.0 Å². The molecule has 1 rings (SSSR count). The van der Waals surface area contributed by atoms with Crippen LogP contribution < -0.4 is 16.8 Å². The van der Waals surface area contributed by atoms with Crippen LogP contribution in [-0.4, -0.2) is 18.5 Å². The molecule has 0 saturated heterocycles. The quantitative estimate of drug-likeness (QED) is 0.754. The minimum absolute atomic E-state index is 0.143. The first-order valence-corrected chi connectivity index (χ1v) is 6.79. The summed E-state index contributed by atoms with van der Waals surface area (Å²) < 4.78 is 0.829. The summed E-state index contributed by atoms with van der Waals surface area (Å²) in [4.78, 5) is 11.4. The molecule has 0 aliphatic rings. The molecule has 0 saturated carbocycles. The number of halogens is 1. The van der Waals surface area contributed by atoms with Gasteiger partial charge in [0.15, 0.2) is 0 Å². The van der Waals surface area contributed by atoms with E-state index in [9.17, 15) is 4.79 Å². The predicted octanol–water partition coefficient (Wildman–Crippen LogP) is 2.33. The molecule has 0 aromatic heterocycles. The topological polar surface area (TPSA) is 81.1 Å². The first-order valence-electron chi connectivity index (χ1n) is 6.00. The maximum atomic E-state index is 11.4. The highest BCUT2D eigenvalue weighted by Gasteiger charge is 2.13. The van der Waals surface area contributed by atoms with Crippen LogP contribution in [0.25, 0.3) is 0 Å². The Morgan fingerprint density at radius 2 is 2.11 bits per heavy atom. The summed E-state index contributed by atoms with van der Waals surface area (Å²) in [5.74, 6) is 0.0950. The van der Waals surface area contributed by atoms with E-state index in [0.717, 1.165) is 16.6 Å². The van der Waals surface area contributed by atoms with E-state index < -0.39 is 5.91 Å². The van der Waals surface area contributed by atoms with E-state index in [-0.39, 0.29) is 6.04 Å². The van der Waals surface area contributed by atoms with E-state index >= 15 is 0 Å². The van der Waals surface area contributed by atoms with Crippen LogP contribution in [0.15, 0.2) is 22.7 Å². The fourth-order valence-electron chi connectivity index (χ4n) is 1.85. The molecule has 0 radical (unpaired) electrons. The molecule has 100 valence electrons. The highest BCUT2D eigenvalue weighted by atomic mass is 79.9. The molecule has 0 aliphatic heterocycles. The van der Waals surface area contributed by atoms with Crippen LogP contribution in [0.4, 0.5) is 5.69 Å². The van der Waals surface area contributed by atoms with Gasteiger partial charge in [-0.05, 0) is 30.5 Å². The lowest BCUT2D eigenvalue weighted by atomic mass is 10.0. The molecule has 1 unspecified atom stereocenters. The molecule has 0 aliphatic carbocycles. The van der Waals surface area contributed by atoms with Crippen molar-refractivity contribution >= 4 is 27.5 Å². The molecule has 0 bridgehead atoms. The number of anilines is 1. The highest BCUT2D eigenvalue weighted by molar-refractivity contribution is 9.10. The molecule has 0 fully saturated rings. The summed E-state index contributed by atoms with van der Waals surface area (Å²) in [6.07, 6.45) is 0.949. The number of primary amides is 1. The lowest BCUT2D eigenvalue weighted by Crippen LogP contribution is -2.31. The third kappa shape index (κ3) is 4.31. The number of carbonyl (C=O) groups is 1. The number of hydrogen-bond acceptors (Lipinski definition) is 3. The fourth-order valence-corrected chi connectivity index (χ4v) is 2.21. The Morgan fingerprint density at radius 1 is 1.44 bits per heavy atom. The molecule has 5 heteroatoms. The summed E-state index contributed by atoms with van der Waals surface area (Å²) in [5.41, 5.74) is 12.3. The van der Waals surface area contributed by atoms with Crippen LogP contribution in [0.3, 0.4) is 0 Å². The minimum atomic E-state index is -0.445. The van der Waals surface area contributed by atoms with Crippen LogP contribution in [0.5, 0.6) is 0 Å². The molecule has 0 heterocycles. The Kier molecular flexibility index (Phi) is 5.62. The van der Waals surface area contributed by atoms with Gasteiger partial charge in [0.2, 0.25) is 0 Å². The minimum Gasteiger partial charge on any atom is -0.380 e. The molecule has 5 N–H and O–H groups in total. The number of benzene rings is 1. The summed E-state index contributed by atoms with van der Waals surface area (Å²) in [7, 11) is 0. The van der Waals surface area contributed by atoms with Crippen molar-refractivity contribution in [2.45, 2.75) is 26.3 Å². The van der Waals surface area contributed by atoms with Crippen molar-refractivity contribution in [3.05, 3.63) is 28.2 Å². The van der Waals surface area contributed by atoms with Crippen LogP contribution in [-0.2, 0) is 0 Å². The summed E-state index contributed by atoms with van der Waals surface area (Å²) in [5, 5.41) is 3.29. The maximum absolute atomic E-state index is 11.4. The maximum Gasteiger partial charge on any atom is 0.250 e. The SMILES string of the molecule is CC(C)CC(CN)Nc1ccc(Br)cc1C(N)=O. The zero-order chi connectivity index (χ0) is 13.7. The average Bonchev–Trinajstić information content (AvgIpc) is 2.29. The van der Waals surface area contributed by atoms with Crippen LogP contribution in [0.1, 0.15) is 30.6 Å². The smallest absolute Gasteiger partial charge is 0.250 e. The van der Waals surface area contributed by atoms with Gasteiger partial charge in [-0.1, -0.05) is 29.8 Å². The average molecular weight is 314 g/mol. The van der Waals surface area contributed by atoms with Crippen molar-refractivity contribution in [3.63, 3.8) is 0 Å². The Hall–Kier alpha value is -1.07. The summed E-state index contributed by atoms with van der Waals surface area (Å²) in [6, 6.07) is 5.57. The van der Waals surface area contributed by atoms with Gasteiger partial charge in [-0.15, -0.1) is 0 Å². The van der Waals surface area contributed by atoms with Gasteiger partial charge >= 0.3 is 0 Å². The van der Waals surface area contributed by atoms with E-state index in [1.54, 1.807) is 6.07 Å². The molecule has 1 atom stereocenters. The van der Waals surface area contributed by atoms with Crippen LogP contribution in [0.2, 0.25) is 0 Å². The van der Waals surface area contributed by atoms with Crippen LogP contribution >= 0.6 is 15.9 Å². The van der Waals surface area contributed by atoms with Crippen molar-refractivity contribution < 1.29 is 4.79 Å². The molecule has 1 amide bonds. The summed E-state index contributed by atoms with van der Waals surface area (Å²) in [6.45, 7) is 4.80. The van der Waals surface area contributed by atoms with Gasteiger partial charge in [0, 0.05) is 22.7 Å². The van der Waals surface area contributed by atoms with E-state index in [2.05, 4.69) is 35.1 Å². The van der Waals surface area contributed by atoms with E-state index in [4.69, 9.17) is 11.5 Å². The molecule has 1 aromatic rings. The van der Waals surface area contributed by atoms with Gasteiger partial charge in [0.05, 0.1) is 5.56 Å². The third-order valence-electron chi connectivity index (χ3n) is 2.65. The largest absolute Gasteiger partial charge is 0.380 e. The van der Waals surface area contributed by atoms with Gasteiger partial charge in [0.1, 0.15) is 0 Å².